The third-order valence-corrected chi connectivity index (χ3v) is 2.98. The Balaban J connectivity index is 0.000000574. The molecule has 0 unspecified atom stereocenters. The molecule has 5 heteroatoms. The zero-order valence-electron chi connectivity index (χ0n) is 11.1. The van der Waals surface area contributed by atoms with Crippen LogP contribution in [0.1, 0.15) is 26.1 Å². The molecule has 2 radical (unpaired) electrons. The van der Waals surface area contributed by atoms with Crippen molar-refractivity contribution in [2.75, 3.05) is 7.05 Å². The van der Waals surface area contributed by atoms with Crippen molar-refractivity contribution < 1.29 is 0 Å². The molecule has 3 heterocycles. The summed E-state index contributed by atoms with van der Waals surface area (Å²) in [5, 5.41) is 0.987. The normalized spacial score (nSPS) is 14.3. The maximum Gasteiger partial charge on any atom is 0.158 e. The van der Waals surface area contributed by atoms with Gasteiger partial charge in [-0.05, 0) is 18.1 Å². The van der Waals surface area contributed by atoms with Crippen molar-refractivity contribution in [3.05, 3.63) is 23.6 Å². The van der Waals surface area contributed by atoms with Crippen LogP contribution in [0, 0.1) is 0 Å². The molecule has 0 amide bonds. The van der Waals surface area contributed by atoms with Crippen molar-refractivity contribution in [3.63, 3.8) is 0 Å². The summed E-state index contributed by atoms with van der Waals surface area (Å²) >= 11 is 0. The van der Waals surface area contributed by atoms with Crippen LogP contribution in [0.4, 0.5) is 0 Å². The molecule has 2 aromatic heterocycles. The Morgan fingerprint density at radius 2 is 2.17 bits per heavy atom. The number of rotatable bonds is 0. The van der Waals surface area contributed by atoms with Crippen LogP contribution in [0.2, 0.25) is 0 Å². The Morgan fingerprint density at radius 1 is 1.39 bits per heavy atom. The van der Waals surface area contributed by atoms with Crippen LogP contribution in [0.25, 0.3) is 10.9 Å². The second-order valence-corrected chi connectivity index (χ2v) is 3.96. The lowest BCUT2D eigenvalue weighted by Crippen LogP contribution is -2.19. The summed E-state index contributed by atoms with van der Waals surface area (Å²) in [4.78, 5) is 12.9. The highest BCUT2D eigenvalue weighted by Gasteiger charge is 2.14. The fourth-order valence-corrected chi connectivity index (χ4v) is 2.25. The van der Waals surface area contributed by atoms with E-state index in [-0.39, 0.29) is 0 Å². The van der Waals surface area contributed by atoms with Gasteiger partial charge < -0.3 is 4.57 Å². The predicted octanol–water partition coefficient (Wildman–Crippen LogP) is 0.728. The zero-order chi connectivity index (χ0) is 13.1. The summed E-state index contributed by atoms with van der Waals surface area (Å²) in [6.45, 7) is 5.01. The van der Waals surface area contributed by atoms with E-state index >= 15 is 0 Å². The van der Waals surface area contributed by atoms with Gasteiger partial charge in [-0.3, -0.25) is 9.98 Å². The Morgan fingerprint density at radius 3 is 2.89 bits per heavy atom. The monoisotopic (exact) mass is 240 g/mol. The summed E-state index contributed by atoms with van der Waals surface area (Å²) in [6, 6.07) is 1.84. The molecule has 1 aliphatic heterocycles. The predicted molar refractivity (Wildman–Crippen MR) is 74.1 cm³/mol. The van der Waals surface area contributed by atoms with Gasteiger partial charge in [-0.1, -0.05) is 13.8 Å². The number of aryl methyl sites for hydroxylation is 2. The lowest BCUT2D eigenvalue weighted by molar-refractivity contribution is 0.760. The molecule has 4 nitrogen and oxygen atoms in total. The smallest absolute Gasteiger partial charge is 0.158 e. The third kappa shape index (κ3) is 2.05. The maximum atomic E-state index is 5.70. The van der Waals surface area contributed by atoms with Crippen LogP contribution in [0.15, 0.2) is 17.3 Å². The lowest BCUT2D eigenvalue weighted by Gasteiger charge is -2.09. The number of nitrogens with zero attached hydrogens (tertiary/aromatic N) is 4. The van der Waals surface area contributed by atoms with E-state index in [0.29, 0.717) is 5.59 Å². The molecular weight excluding hydrogens is 223 g/mol. The van der Waals surface area contributed by atoms with Crippen molar-refractivity contribution in [1.29, 1.82) is 0 Å². The first kappa shape index (κ1) is 12.8. The van der Waals surface area contributed by atoms with Crippen molar-refractivity contribution in [1.82, 2.24) is 14.5 Å². The van der Waals surface area contributed by atoms with E-state index in [4.69, 9.17) is 7.85 Å². The van der Waals surface area contributed by atoms with Gasteiger partial charge in [0.1, 0.15) is 13.7 Å². The van der Waals surface area contributed by atoms with Crippen LogP contribution in [0.3, 0.4) is 0 Å². The average Bonchev–Trinajstić information content (AvgIpc) is 2.88. The van der Waals surface area contributed by atoms with Gasteiger partial charge in [0.05, 0.1) is 11.7 Å². The van der Waals surface area contributed by atoms with Gasteiger partial charge in [0.25, 0.3) is 0 Å². The second-order valence-electron chi connectivity index (χ2n) is 3.96. The molecule has 92 valence electrons. The largest absolute Gasteiger partial charge is 0.328 e. The zero-order valence-corrected chi connectivity index (χ0v) is 11.1. The molecular formula is C13H17BN4. The molecule has 0 N–H and O–H groups in total. The number of hydrogen-bond donors (Lipinski definition) is 0. The van der Waals surface area contributed by atoms with Gasteiger partial charge >= 0.3 is 0 Å². The minimum atomic E-state index is 0.512. The molecule has 0 aromatic carbocycles. The number of aromatic nitrogens is 3. The molecule has 0 aliphatic carbocycles. The molecule has 1 aliphatic rings. The minimum Gasteiger partial charge on any atom is -0.328 e. The first-order chi connectivity index (χ1) is 8.79. The first-order valence-corrected chi connectivity index (χ1v) is 6.37. The molecule has 0 spiro atoms. The van der Waals surface area contributed by atoms with Crippen molar-refractivity contribution in [2.45, 2.75) is 33.2 Å². The SMILES string of the molecule is CC.[B]c1cc2c(=NC)nc3n(c2cn1)CCC3. The third-order valence-electron chi connectivity index (χ3n) is 2.98. The van der Waals surface area contributed by atoms with Crippen molar-refractivity contribution in [2.24, 2.45) is 4.99 Å². The van der Waals surface area contributed by atoms with Crippen molar-refractivity contribution in [3.8, 4) is 0 Å². The summed E-state index contributed by atoms with van der Waals surface area (Å²) < 4.78 is 2.20. The van der Waals surface area contributed by atoms with Gasteiger partial charge in [-0.15, -0.1) is 0 Å². The van der Waals surface area contributed by atoms with Gasteiger partial charge in [0.15, 0.2) is 5.49 Å². The van der Waals surface area contributed by atoms with E-state index in [9.17, 15) is 0 Å². The summed E-state index contributed by atoms with van der Waals surface area (Å²) in [5.74, 6) is 1.10. The lowest BCUT2D eigenvalue weighted by atomic mass is 10.0. The Hall–Kier alpha value is -1.65. The molecule has 0 fully saturated rings. The first-order valence-electron chi connectivity index (χ1n) is 6.37. The topological polar surface area (TPSA) is 43.1 Å². The highest BCUT2D eigenvalue weighted by Crippen LogP contribution is 2.16. The Kier molecular flexibility index (Phi) is 3.79. The van der Waals surface area contributed by atoms with Crippen molar-refractivity contribution >= 4 is 24.3 Å². The minimum absolute atomic E-state index is 0.512. The number of fused-ring (bicyclic) bond motifs is 3. The van der Waals surface area contributed by atoms with Crippen LogP contribution < -0.4 is 11.1 Å². The number of hydrogen-bond acceptors (Lipinski definition) is 3. The summed E-state index contributed by atoms with van der Waals surface area (Å²) in [5.41, 5.74) is 2.35. The van der Waals surface area contributed by atoms with Gasteiger partial charge in [0, 0.05) is 25.4 Å². The Labute approximate surface area is 108 Å². The van der Waals surface area contributed by atoms with Gasteiger partial charge in [-0.25, -0.2) is 4.98 Å². The fourth-order valence-electron chi connectivity index (χ4n) is 2.25. The van der Waals surface area contributed by atoms with Crippen LogP contribution in [0.5, 0.6) is 0 Å². The molecule has 0 atom stereocenters. The van der Waals surface area contributed by atoms with Gasteiger partial charge in [-0.2, -0.15) is 0 Å². The Bertz CT molecular complexity index is 631. The molecule has 0 saturated carbocycles. The van der Waals surface area contributed by atoms with Crippen LogP contribution in [-0.2, 0) is 13.0 Å². The van der Waals surface area contributed by atoms with E-state index in [1.54, 1.807) is 7.05 Å². The highest BCUT2D eigenvalue weighted by atomic mass is 15.1. The maximum absolute atomic E-state index is 5.70. The summed E-state index contributed by atoms with van der Waals surface area (Å²) in [7, 11) is 7.46. The highest BCUT2D eigenvalue weighted by molar-refractivity contribution is 6.31. The van der Waals surface area contributed by atoms with Crippen LogP contribution >= 0.6 is 0 Å². The van der Waals surface area contributed by atoms with Crippen LogP contribution in [-0.4, -0.2) is 29.4 Å². The summed E-state index contributed by atoms with van der Waals surface area (Å²) in [6.07, 6.45) is 3.97. The van der Waals surface area contributed by atoms with E-state index in [1.165, 1.54) is 0 Å². The number of pyridine rings is 1. The van der Waals surface area contributed by atoms with E-state index < -0.39 is 0 Å². The fraction of sp³-hybridized carbons (Fsp3) is 0.462. The molecule has 18 heavy (non-hydrogen) atoms. The van der Waals surface area contributed by atoms with Gasteiger partial charge in [0.2, 0.25) is 0 Å². The molecule has 3 rings (SSSR count). The molecule has 0 bridgehead atoms. The average molecular weight is 240 g/mol. The molecule has 2 aromatic rings. The standard InChI is InChI=1S/C11H11BN4.C2H6/c1-13-11-7-5-9(12)14-6-8(7)16-4-2-3-10(16)15-11;1-2/h5-6H,2-4H2,1H3;1-2H3. The second kappa shape index (κ2) is 5.33. The molecule has 0 saturated heterocycles. The van der Waals surface area contributed by atoms with E-state index in [0.717, 1.165) is 41.6 Å². The van der Waals surface area contributed by atoms with E-state index in [1.807, 2.05) is 26.1 Å². The quantitative estimate of drug-likeness (QED) is 0.637. The van der Waals surface area contributed by atoms with E-state index in [2.05, 4.69) is 19.5 Å².